The normalized spacial score (nSPS) is 11.8. The lowest BCUT2D eigenvalue weighted by molar-refractivity contribution is 0.563. The van der Waals surface area contributed by atoms with Gasteiger partial charge in [-0.25, -0.2) is 12.8 Å². The van der Waals surface area contributed by atoms with Crippen LogP contribution in [0.2, 0.25) is 5.02 Å². The first-order valence-corrected chi connectivity index (χ1v) is 7.84. The van der Waals surface area contributed by atoms with E-state index in [-0.39, 0.29) is 4.90 Å². The highest BCUT2D eigenvalue weighted by molar-refractivity contribution is 7.93. The van der Waals surface area contributed by atoms with E-state index >= 15 is 0 Å². The minimum atomic E-state index is -4.14. The molecule has 9 heteroatoms. The van der Waals surface area contributed by atoms with E-state index in [1.54, 1.807) is 6.07 Å². The van der Waals surface area contributed by atoms with Crippen LogP contribution >= 0.6 is 11.6 Å². The fraction of sp³-hybridized carbons (Fsp3) is 0. The second-order valence-electron chi connectivity index (χ2n) is 4.41. The van der Waals surface area contributed by atoms with Crippen molar-refractivity contribution in [2.45, 2.75) is 4.90 Å². The number of halogens is 3. The first-order valence-electron chi connectivity index (χ1n) is 5.98. The molecule has 5 nitrogen and oxygen atoms in total. The van der Waals surface area contributed by atoms with E-state index in [9.17, 15) is 17.2 Å². The SMILES string of the molecule is O=S(=O)(Nc1nc(F)ccc1F)c1c[nH]c2cc(Cl)ccc12. The third-order valence-corrected chi connectivity index (χ3v) is 4.55. The van der Waals surface area contributed by atoms with Gasteiger partial charge in [0.2, 0.25) is 5.95 Å². The number of nitrogens with zero attached hydrogens (tertiary/aromatic N) is 1. The lowest BCUT2D eigenvalue weighted by Crippen LogP contribution is -2.15. The second kappa shape index (κ2) is 5.22. The number of rotatable bonds is 3. The van der Waals surface area contributed by atoms with Crippen LogP contribution in [-0.4, -0.2) is 18.4 Å². The molecule has 0 radical (unpaired) electrons. The molecule has 3 aromatic rings. The van der Waals surface area contributed by atoms with E-state index in [1.807, 2.05) is 4.72 Å². The van der Waals surface area contributed by atoms with Crippen molar-refractivity contribution in [2.75, 3.05) is 4.72 Å². The predicted octanol–water partition coefficient (Wildman–Crippen LogP) is 3.30. The number of pyridine rings is 1. The van der Waals surface area contributed by atoms with Gasteiger partial charge in [-0.1, -0.05) is 11.6 Å². The molecule has 0 bridgehead atoms. The number of sulfonamides is 1. The summed E-state index contributed by atoms with van der Waals surface area (Å²) in [5, 5.41) is 0.804. The Morgan fingerprint density at radius 3 is 2.73 bits per heavy atom. The van der Waals surface area contributed by atoms with Crippen molar-refractivity contribution in [3.63, 3.8) is 0 Å². The molecule has 0 fully saturated rings. The van der Waals surface area contributed by atoms with Gasteiger partial charge in [-0.3, -0.25) is 4.72 Å². The minimum Gasteiger partial charge on any atom is -0.360 e. The highest BCUT2D eigenvalue weighted by Crippen LogP contribution is 2.27. The molecule has 0 atom stereocenters. The van der Waals surface area contributed by atoms with Gasteiger partial charge in [0.25, 0.3) is 10.0 Å². The summed E-state index contributed by atoms with van der Waals surface area (Å²) in [5.74, 6) is -2.68. The average Bonchev–Trinajstić information content (AvgIpc) is 2.86. The number of hydrogen-bond donors (Lipinski definition) is 2. The molecule has 0 saturated heterocycles. The van der Waals surface area contributed by atoms with E-state index < -0.39 is 27.6 Å². The topological polar surface area (TPSA) is 74.8 Å². The molecule has 3 rings (SSSR count). The van der Waals surface area contributed by atoms with Crippen molar-refractivity contribution in [2.24, 2.45) is 0 Å². The molecule has 1 aromatic carbocycles. The number of aromatic nitrogens is 2. The quantitative estimate of drug-likeness (QED) is 0.716. The maximum Gasteiger partial charge on any atom is 0.265 e. The molecule has 2 N–H and O–H groups in total. The van der Waals surface area contributed by atoms with Crippen LogP contribution in [0.25, 0.3) is 10.9 Å². The Balaban J connectivity index is 2.07. The average molecular weight is 344 g/mol. The predicted molar refractivity (Wildman–Crippen MR) is 78.3 cm³/mol. The van der Waals surface area contributed by atoms with Gasteiger partial charge in [-0.15, -0.1) is 0 Å². The molecule has 2 heterocycles. The zero-order valence-electron chi connectivity index (χ0n) is 10.8. The first kappa shape index (κ1) is 14.7. The van der Waals surface area contributed by atoms with E-state index in [0.717, 1.165) is 12.1 Å². The Labute approximate surface area is 129 Å². The lowest BCUT2D eigenvalue weighted by atomic mass is 10.2. The van der Waals surface area contributed by atoms with Crippen LogP contribution in [0.4, 0.5) is 14.6 Å². The van der Waals surface area contributed by atoms with Crippen molar-refractivity contribution < 1.29 is 17.2 Å². The smallest absolute Gasteiger partial charge is 0.265 e. The first-order chi connectivity index (χ1) is 10.4. The van der Waals surface area contributed by atoms with E-state index in [2.05, 4.69) is 9.97 Å². The van der Waals surface area contributed by atoms with Gasteiger partial charge in [-0.05, 0) is 30.3 Å². The maximum atomic E-state index is 13.5. The van der Waals surface area contributed by atoms with Gasteiger partial charge >= 0.3 is 0 Å². The van der Waals surface area contributed by atoms with Gasteiger partial charge in [0.15, 0.2) is 11.6 Å². The highest BCUT2D eigenvalue weighted by Gasteiger charge is 2.21. The molecule has 22 heavy (non-hydrogen) atoms. The molecule has 0 aliphatic carbocycles. The van der Waals surface area contributed by atoms with Gasteiger partial charge in [-0.2, -0.15) is 9.37 Å². The van der Waals surface area contributed by atoms with Crippen molar-refractivity contribution in [1.82, 2.24) is 9.97 Å². The molecule has 0 aliphatic rings. The third-order valence-electron chi connectivity index (χ3n) is 2.94. The van der Waals surface area contributed by atoms with Gasteiger partial charge in [0, 0.05) is 22.1 Å². The summed E-state index contributed by atoms with van der Waals surface area (Å²) < 4.78 is 53.1. The van der Waals surface area contributed by atoms with Crippen molar-refractivity contribution in [1.29, 1.82) is 0 Å². The van der Waals surface area contributed by atoms with Crippen LogP contribution < -0.4 is 4.72 Å². The Hall–Kier alpha value is -2.19. The Morgan fingerprint density at radius 1 is 1.18 bits per heavy atom. The zero-order valence-corrected chi connectivity index (χ0v) is 12.3. The monoisotopic (exact) mass is 343 g/mol. The molecule has 114 valence electrons. The van der Waals surface area contributed by atoms with Gasteiger partial charge in [0.1, 0.15) is 4.90 Å². The lowest BCUT2D eigenvalue weighted by Gasteiger charge is -2.07. The van der Waals surface area contributed by atoms with Crippen LogP contribution in [0.3, 0.4) is 0 Å². The van der Waals surface area contributed by atoms with Crippen LogP contribution in [-0.2, 0) is 10.0 Å². The second-order valence-corrected chi connectivity index (χ2v) is 6.50. The molecular formula is C13H8ClF2N3O2S. The van der Waals surface area contributed by atoms with E-state index in [0.29, 0.717) is 15.9 Å². The van der Waals surface area contributed by atoms with Crippen molar-refractivity contribution >= 4 is 38.3 Å². The summed E-state index contributed by atoms with van der Waals surface area (Å²) in [5.41, 5.74) is 0.501. The van der Waals surface area contributed by atoms with Crippen LogP contribution in [0.5, 0.6) is 0 Å². The number of benzene rings is 1. The van der Waals surface area contributed by atoms with Gasteiger partial charge in [0.05, 0.1) is 0 Å². The summed E-state index contributed by atoms with van der Waals surface area (Å²) in [6, 6.07) is 6.17. The Morgan fingerprint density at radius 2 is 1.95 bits per heavy atom. The van der Waals surface area contributed by atoms with Crippen LogP contribution in [0, 0.1) is 11.8 Å². The van der Waals surface area contributed by atoms with Crippen LogP contribution in [0.15, 0.2) is 41.4 Å². The summed E-state index contributed by atoms with van der Waals surface area (Å²) >= 11 is 5.82. The van der Waals surface area contributed by atoms with Crippen LogP contribution in [0.1, 0.15) is 0 Å². The van der Waals surface area contributed by atoms with Crippen molar-refractivity contribution in [3.8, 4) is 0 Å². The van der Waals surface area contributed by atoms with Crippen molar-refractivity contribution in [3.05, 3.63) is 53.3 Å². The summed E-state index contributed by atoms with van der Waals surface area (Å²) in [6.45, 7) is 0. The largest absolute Gasteiger partial charge is 0.360 e. The third kappa shape index (κ3) is 2.62. The van der Waals surface area contributed by atoms with Gasteiger partial charge < -0.3 is 4.98 Å². The summed E-state index contributed by atoms with van der Waals surface area (Å²) in [6.07, 6.45) is 1.24. The fourth-order valence-corrected chi connectivity index (χ4v) is 3.33. The number of hydrogen-bond acceptors (Lipinski definition) is 3. The Bertz CT molecular complexity index is 973. The molecule has 0 spiro atoms. The molecule has 0 unspecified atom stereocenters. The maximum absolute atomic E-state index is 13.5. The number of aromatic amines is 1. The highest BCUT2D eigenvalue weighted by atomic mass is 35.5. The molecule has 0 aliphatic heterocycles. The number of anilines is 1. The fourth-order valence-electron chi connectivity index (χ4n) is 1.97. The number of H-pyrrole nitrogens is 1. The standard InChI is InChI=1S/C13H8ClF2N3O2S/c14-7-1-2-8-10(5-7)17-6-11(8)22(20,21)19-13-9(15)3-4-12(16)18-13/h1-6,17H,(H,18,19). The number of fused-ring (bicyclic) bond motifs is 1. The zero-order chi connectivity index (χ0) is 15.9. The molecular weight excluding hydrogens is 336 g/mol. The summed E-state index contributed by atoms with van der Waals surface area (Å²) in [7, 11) is -4.14. The number of nitrogens with one attached hydrogen (secondary N) is 2. The molecule has 0 saturated carbocycles. The molecule has 0 amide bonds. The van der Waals surface area contributed by atoms with E-state index in [4.69, 9.17) is 11.6 Å². The van der Waals surface area contributed by atoms with E-state index in [1.165, 1.54) is 18.3 Å². The molecule has 2 aromatic heterocycles. The summed E-state index contributed by atoms with van der Waals surface area (Å²) in [4.78, 5) is 5.83. The Kier molecular flexibility index (Phi) is 3.50. The minimum absolute atomic E-state index is 0.121.